The molecule has 7 amide bonds. The first-order chi connectivity index (χ1) is 36.7. The fraction of sp³-hybridized carbons (Fsp3) is 0.635. The van der Waals surface area contributed by atoms with Crippen molar-refractivity contribution in [2.75, 3.05) is 45.9 Å². The largest absolute Gasteiger partial charge is 0.504 e. The summed E-state index contributed by atoms with van der Waals surface area (Å²) in [5.41, 5.74) is 11.7. The SMILES string of the molecule is CCCCCCCCOc1ccc(C(=O)N[C@H]2C[C@@H](O)CNC(=O)[C@@H]3[C@@H](O)[C@@H](C)CN3C(=O)[C@H]([C@H](O)CCN)NC(=O)[C@H]([C@H](O)Cc3ccc(O)c(OCCN)c3)NC(=O)[C@@H]3C[C@@H](O)CN3C(=O)[C@H]([C@@H](C)O)NC2=O)cc1.Cl.Cl. The third kappa shape index (κ3) is 18.7. The molecule has 3 heterocycles. The molecule has 27 heteroatoms. The van der Waals surface area contributed by atoms with Gasteiger partial charge in [0.05, 0.1) is 43.2 Å². The Morgan fingerprint density at radius 2 is 1.38 bits per heavy atom. The molecule has 2 aromatic rings. The van der Waals surface area contributed by atoms with Crippen LogP contribution in [0.2, 0.25) is 0 Å². The summed E-state index contributed by atoms with van der Waals surface area (Å²) in [6.07, 6.45) is -5.28. The van der Waals surface area contributed by atoms with E-state index in [1.54, 1.807) is 12.1 Å². The van der Waals surface area contributed by atoms with Crippen LogP contribution in [0.4, 0.5) is 0 Å². The highest BCUT2D eigenvalue weighted by atomic mass is 35.5. The number of β-amino-alcohol motifs (C(OH)–C–C–N with tert-alkyl or cyclic N) is 1. The van der Waals surface area contributed by atoms with Gasteiger partial charge in [-0.1, -0.05) is 52.0 Å². The Labute approximate surface area is 471 Å². The number of halogens is 2. The number of carbonyl (C=O) groups is 7. The lowest BCUT2D eigenvalue weighted by Gasteiger charge is -2.34. The number of phenolic OH excluding ortho intramolecular Hbond substituents is 1. The summed E-state index contributed by atoms with van der Waals surface area (Å²) >= 11 is 0. The first kappa shape index (κ1) is 67.7. The molecule has 0 aromatic heterocycles. The summed E-state index contributed by atoms with van der Waals surface area (Å²) in [6.45, 7) is 3.76. The predicted octanol–water partition coefficient (Wildman–Crippen LogP) is -2.39. The first-order valence-corrected chi connectivity index (χ1v) is 26.5. The second-order valence-electron chi connectivity index (χ2n) is 20.2. The van der Waals surface area contributed by atoms with Gasteiger partial charge in [-0.2, -0.15) is 0 Å². The number of hydrogen-bond acceptors (Lipinski definition) is 18. The van der Waals surface area contributed by atoms with Crippen molar-refractivity contribution in [2.45, 2.75) is 158 Å². The standard InChI is InChI=1S/C52H79N9O16.2ClH/c1-4-5-6-7-8-9-19-76-34-13-11-31(12-14-34)46(69)56-35-23-32(63)25-55-50(73)44-45(68)28(2)26-61(44)52(75)43(38(66)16-17-53)59-49(72)42(39(67)21-30-10-15-37(65)40(22-30)77-20-18-54)58-48(71)36-24-33(64)27-60(36)51(74)41(29(3)62)57-47(35)70;;/h10-15,22,28-29,32-33,35-36,38-39,41-45,62-68H,4-9,16-21,23-27,53-54H2,1-3H3,(H,55,73)(H,56,69)(H,57,70)(H,58,71)(H,59,72);2*1H/t28-,29+,32+,33+,35-,36-,38+,39+,41-,42-,43-,44-,45-;;/m0../s1. The molecule has 16 N–H and O–H groups in total. The molecule has 0 radical (unpaired) electrons. The zero-order chi connectivity index (χ0) is 56.5. The monoisotopic (exact) mass is 1160 g/mol. The molecule has 79 heavy (non-hydrogen) atoms. The Kier molecular flexibility index (Phi) is 27.9. The number of aliphatic hydroxyl groups excluding tert-OH is 6. The molecule has 0 saturated carbocycles. The topological polar surface area (TPSA) is 398 Å². The summed E-state index contributed by atoms with van der Waals surface area (Å²) < 4.78 is 11.3. The van der Waals surface area contributed by atoms with Crippen LogP contribution in [0.1, 0.15) is 94.5 Å². The van der Waals surface area contributed by atoms with Gasteiger partial charge in [-0.25, -0.2) is 0 Å². The summed E-state index contributed by atoms with van der Waals surface area (Å²) in [6, 6.07) is -0.757. The smallest absolute Gasteiger partial charge is 0.251 e. The third-order valence-corrected chi connectivity index (χ3v) is 13.9. The average molecular weight is 1160 g/mol. The van der Waals surface area contributed by atoms with Gasteiger partial charge in [-0.15, -0.1) is 24.8 Å². The van der Waals surface area contributed by atoms with E-state index < -0.39 is 152 Å². The second-order valence-corrected chi connectivity index (χ2v) is 20.2. The van der Waals surface area contributed by atoms with Crippen LogP contribution in [-0.4, -0.2) is 206 Å². The number of benzene rings is 2. The van der Waals surface area contributed by atoms with Gasteiger partial charge in [0, 0.05) is 56.9 Å². The van der Waals surface area contributed by atoms with Gasteiger partial charge < -0.3 is 93.1 Å². The van der Waals surface area contributed by atoms with Crippen molar-refractivity contribution in [1.29, 1.82) is 0 Å². The number of aliphatic hydroxyl groups is 6. The van der Waals surface area contributed by atoms with Gasteiger partial charge in [-0.3, -0.25) is 33.6 Å². The summed E-state index contributed by atoms with van der Waals surface area (Å²) in [7, 11) is 0. The van der Waals surface area contributed by atoms with Crippen molar-refractivity contribution in [2.24, 2.45) is 17.4 Å². The molecule has 0 spiro atoms. The Bertz CT molecular complexity index is 2330. The highest BCUT2D eigenvalue weighted by Gasteiger charge is 2.49. The lowest BCUT2D eigenvalue weighted by Crippen LogP contribution is -2.64. The molecule has 2 aromatic carbocycles. The van der Waals surface area contributed by atoms with E-state index in [-0.39, 0.29) is 80.1 Å². The quantitative estimate of drug-likeness (QED) is 0.0615. The molecule has 5 rings (SSSR count). The van der Waals surface area contributed by atoms with Gasteiger partial charge in [0.2, 0.25) is 35.4 Å². The molecule has 25 nitrogen and oxygen atoms in total. The van der Waals surface area contributed by atoms with E-state index in [9.17, 15) is 69.3 Å². The van der Waals surface area contributed by atoms with Gasteiger partial charge in [0.15, 0.2) is 11.5 Å². The minimum Gasteiger partial charge on any atom is -0.504 e. The molecule has 0 unspecified atom stereocenters. The normalized spacial score (nSPS) is 26.5. The second kappa shape index (κ2) is 32.6. The summed E-state index contributed by atoms with van der Waals surface area (Å²) in [4.78, 5) is 102. The van der Waals surface area contributed by atoms with Gasteiger partial charge in [-0.05, 0) is 68.3 Å². The predicted molar refractivity (Wildman–Crippen MR) is 291 cm³/mol. The molecule has 3 aliphatic rings. The van der Waals surface area contributed by atoms with Crippen LogP contribution >= 0.6 is 24.8 Å². The minimum absolute atomic E-state index is 0. The van der Waals surface area contributed by atoms with Crippen LogP contribution in [-0.2, 0) is 35.2 Å². The molecule has 3 aliphatic heterocycles. The van der Waals surface area contributed by atoms with Crippen molar-refractivity contribution in [1.82, 2.24) is 36.4 Å². The number of nitrogens with two attached hydrogens (primary N) is 2. The van der Waals surface area contributed by atoms with E-state index in [1.807, 2.05) is 0 Å². The van der Waals surface area contributed by atoms with Gasteiger partial charge in [0.25, 0.3) is 5.91 Å². The molecule has 0 bridgehead atoms. The van der Waals surface area contributed by atoms with Crippen molar-refractivity contribution in [3.63, 3.8) is 0 Å². The van der Waals surface area contributed by atoms with E-state index in [4.69, 9.17) is 20.9 Å². The van der Waals surface area contributed by atoms with Crippen molar-refractivity contribution < 1.29 is 78.8 Å². The molecular formula is C52H81Cl2N9O16. The van der Waals surface area contributed by atoms with E-state index in [0.29, 0.717) is 12.4 Å². The highest BCUT2D eigenvalue weighted by Crippen LogP contribution is 2.29. The van der Waals surface area contributed by atoms with Crippen molar-refractivity contribution in [3.05, 3.63) is 53.6 Å². The number of fused-ring (bicyclic) bond motifs is 2. The highest BCUT2D eigenvalue weighted by molar-refractivity contribution is 6.00. The van der Waals surface area contributed by atoms with Gasteiger partial charge in [0.1, 0.15) is 48.6 Å². The Morgan fingerprint density at radius 1 is 0.734 bits per heavy atom. The molecule has 3 fully saturated rings. The van der Waals surface area contributed by atoms with E-state index in [1.165, 1.54) is 43.7 Å². The lowest BCUT2D eigenvalue weighted by molar-refractivity contribution is -0.147. The number of nitrogens with zero attached hydrogens (tertiary/aromatic N) is 2. The fourth-order valence-electron chi connectivity index (χ4n) is 9.60. The van der Waals surface area contributed by atoms with E-state index >= 15 is 0 Å². The maximum absolute atomic E-state index is 14.6. The number of rotatable bonds is 20. The number of nitrogens with one attached hydrogen (secondary N) is 5. The van der Waals surface area contributed by atoms with Crippen molar-refractivity contribution >= 4 is 66.2 Å². The maximum atomic E-state index is 14.6. The number of carbonyl (C=O) groups excluding carboxylic acids is 7. The zero-order valence-electron chi connectivity index (χ0n) is 44.7. The van der Waals surface area contributed by atoms with Crippen LogP contribution in [0, 0.1) is 5.92 Å². The number of amides is 7. The number of hydrogen-bond donors (Lipinski definition) is 14. The molecule has 3 saturated heterocycles. The third-order valence-electron chi connectivity index (χ3n) is 13.9. The number of phenols is 1. The fourth-order valence-corrected chi connectivity index (χ4v) is 9.60. The molecule has 444 valence electrons. The van der Waals surface area contributed by atoms with Crippen LogP contribution in [0.5, 0.6) is 17.2 Å². The van der Waals surface area contributed by atoms with Crippen LogP contribution < -0.4 is 47.5 Å². The molecule has 0 aliphatic carbocycles. The zero-order valence-corrected chi connectivity index (χ0v) is 46.4. The number of aromatic hydroxyl groups is 1. The van der Waals surface area contributed by atoms with Crippen LogP contribution in [0.15, 0.2) is 42.5 Å². The van der Waals surface area contributed by atoms with E-state index in [2.05, 4.69) is 33.5 Å². The minimum atomic E-state index is -2.02. The lowest BCUT2D eigenvalue weighted by atomic mass is 9.98. The summed E-state index contributed by atoms with van der Waals surface area (Å²) in [5.74, 6) is -8.01. The average Bonchev–Trinajstić information content (AvgIpc) is 3.95. The molecule has 13 atom stereocenters. The van der Waals surface area contributed by atoms with Gasteiger partial charge >= 0.3 is 0 Å². The first-order valence-electron chi connectivity index (χ1n) is 26.5. The number of unbranched alkanes of at least 4 members (excludes halogenated alkanes) is 5. The van der Waals surface area contributed by atoms with Crippen LogP contribution in [0.25, 0.3) is 0 Å². The number of ether oxygens (including phenoxy) is 2. The van der Waals surface area contributed by atoms with Crippen LogP contribution in [0.3, 0.4) is 0 Å². The molecular weight excluding hydrogens is 1080 g/mol. The van der Waals surface area contributed by atoms with Crippen molar-refractivity contribution in [3.8, 4) is 17.2 Å². The maximum Gasteiger partial charge on any atom is 0.251 e. The Morgan fingerprint density at radius 3 is 2.04 bits per heavy atom. The Balaban J connectivity index is 0.00000820. The Hall–Kier alpha value is -5.61. The summed E-state index contributed by atoms with van der Waals surface area (Å²) in [5, 5.41) is 90.6. The van der Waals surface area contributed by atoms with E-state index in [0.717, 1.165) is 48.8 Å².